The average Bonchev–Trinajstić information content (AvgIpc) is 2.66. The third-order valence-corrected chi connectivity index (χ3v) is 5.35. The highest BCUT2D eigenvalue weighted by atomic mass is 16.6. The van der Waals surface area contributed by atoms with Gasteiger partial charge in [-0.3, -0.25) is 10.1 Å². The standard InChI is InChI=1S/C24H25NO5/c1-13-5-17(6-14(2)22(13)26)9-19-11-21(25(29)30)12-20(24(19)28)10-18-7-15(3)23(27)16(4)8-18/h5-8,11-12,26-28H,9-10H2,1-4H3. The van der Waals surface area contributed by atoms with E-state index in [9.17, 15) is 25.4 Å². The predicted molar refractivity (Wildman–Crippen MR) is 116 cm³/mol. The van der Waals surface area contributed by atoms with E-state index in [2.05, 4.69) is 0 Å². The van der Waals surface area contributed by atoms with E-state index in [4.69, 9.17) is 0 Å². The molecule has 3 aromatic rings. The fourth-order valence-electron chi connectivity index (χ4n) is 3.85. The second kappa shape index (κ2) is 8.06. The highest BCUT2D eigenvalue weighted by Crippen LogP contribution is 2.34. The van der Waals surface area contributed by atoms with Gasteiger partial charge in [-0.15, -0.1) is 0 Å². The van der Waals surface area contributed by atoms with Crippen molar-refractivity contribution >= 4 is 5.69 Å². The van der Waals surface area contributed by atoms with Crippen LogP contribution in [0.1, 0.15) is 44.5 Å². The van der Waals surface area contributed by atoms with Crippen molar-refractivity contribution in [2.45, 2.75) is 40.5 Å². The van der Waals surface area contributed by atoms with Crippen LogP contribution in [0.3, 0.4) is 0 Å². The summed E-state index contributed by atoms with van der Waals surface area (Å²) in [5.74, 6) is 0.467. The van der Waals surface area contributed by atoms with Crippen molar-refractivity contribution in [3.05, 3.63) is 91.0 Å². The Balaban J connectivity index is 2.05. The van der Waals surface area contributed by atoms with E-state index in [1.54, 1.807) is 27.7 Å². The molecule has 3 rings (SSSR count). The zero-order valence-electron chi connectivity index (χ0n) is 17.5. The third-order valence-electron chi connectivity index (χ3n) is 5.35. The number of aromatic hydroxyl groups is 3. The van der Waals surface area contributed by atoms with E-state index in [0.29, 0.717) is 46.2 Å². The number of aryl methyl sites for hydroxylation is 4. The van der Waals surface area contributed by atoms with Crippen molar-refractivity contribution in [2.75, 3.05) is 0 Å². The Hall–Kier alpha value is -3.54. The van der Waals surface area contributed by atoms with Crippen LogP contribution >= 0.6 is 0 Å². The molecule has 0 heterocycles. The summed E-state index contributed by atoms with van der Waals surface area (Å²) in [4.78, 5) is 11.0. The number of phenols is 3. The number of hydrogen-bond donors (Lipinski definition) is 3. The number of nitrogens with zero attached hydrogens (tertiary/aromatic N) is 1. The van der Waals surface area contributed by atoms with Gasteiger partial charge in [0.15, 0.2) is 0 Å². The fourth-order valence-corrected chi connectivity index (χ4v) is 3.85. The molecular weight excluding hydrogens is 382 g/mol. The van der Waals surface area contributed by atoms with Gasteiger partial charge in [-0.25, -0.2) is 0 Å². The zero-order chi connectivity index (χ0) is 22.2. The fraction of sp³-hybridized carbons (Fsp3) is 0.250. The van der Waals surface area contributed by atoms with Gasteiger partial charge in [-0.1, -0.05) is 24.3 Å². The number of non-ortho nitro benzene ring substituents is 1. The molecule has 0 radical (unpaired) electrons. The highest BCUT2D eigenvalue weighted by Gasteiger charge is 2.18. The quantitative estimate of drug-likeness (QED) is 0.402. The van der Waals surface area contributed by atoms with Crippen LogP contribution in [0.4, 0.5) is 5.69 Å². The predicted octanol–water partition coefficient (Wildman–Crippen LogP) is 5.13. The first-order valence-electron chi connectivity index (χ1n) is 9.64. The Morgan fingerprint density at radius 3 is 1.30 bits per heavy atom. The summed E-state index contributed by atoms with van der Waals surface area (Å²) in [6.07, 6.45) is 0.603. The van der Waals surface area contributed by atoms with Gasteiger partial charge in [-0.2, -0.15) is 0 Å². The number of phenolic OH excluding ortho intramolecular Hbond substituents is 3. The van der Waals surface area contributed by atoms with Crippen molar-refractivity contribution in [1.82, 2.24) is 0 Å². The van der Waals surface area contributed by atoms with E-state index >= 15 is 0 Å². The van der Waals surface area contributed by atoms with Crippen molar-refractivity contribution in [2.24, 2.45) is 0 Å². The maximum absolute atomic E-state index is 11.5. The van der Waals surface area contributed by atoms with Gasteiger partial charge < -0.3 is 15.3 Å². The monoisotopic (exact) mass is 407 g/mol. The first-order chi connectivity index (χ1) is 14.1. The molecule has 0 amide bonds. The van der Waals surface area contributed by atoms with Gasteiger partial charge in [-0.05, 0) is 61.1 Å². The summed E-state index contributed by atoms with van der Waals surface area (Å²) in [5.41, 5.74) is 5.37. The van der Waals surface area contributed by atoms with Crippen LogP contribution in [-0.4, -0.2) is 20.2 Å². The second-order valence-electron chi connectivity index (χ2n) is 7.88. The molecule has 30 heavy (non-hydrogen) atoms. The van der Waals surface area contributed by atoms with Gasteiger partial charge >= 0.3 is 0 Å². The lowest BCUT2D eigenvalue weighted by atomic mass is 9.94. The molecule has 0 fully saturated rings. The molecule has 0 atom stereocenters. The summed E-state index contributed by atoms with van der Waals surface area (Å²) < 4.78 is 0. The Labute approximate surface area is 175 Å². The minimum absolute atomic E-state index is 0.0207. The molecule has 0 aliphatic carbocycles. The molecule has 3 N–H and O–H groups in total. The smallest absolute Gasteiger partial charge is 0.270 e. The topological polar surface area (TPSA) is 104 Å². The molecule has 6 nitrogen and oxygen atoms in total. The molecule has 3 aromatic carbocycles. The van der Waals surface area contributed by atoms with E-state index in [1.807, 2.05) is 24.3 Å². The van der Waals surface area contributed by atoms with Gasteiger partial charge in [0, 0.05) is 36.1 Å². The minimum atomic E-state index is -0.465. The van der Waals surface area contributed by atoms with E-state index in [-0.39, 0.29) is 22.9 Å². The summed E-state index contributed by atoms with van der Waals surface area (Å²) in [6, 6.07) is 10.0. The molecule has 0 aliphatic heterocycles. The van der Waals surface area contributed by atoms with Gasteiger partial charge in [0.1, 0.15) is 17.2 Å². The number of nitro benzene ring substituents is 1. The molecule has 0 saturated heterocycles. The number of hydrogen-bond acceptors (Lipinski definition) is 5. The highest BCUT2D eigenvalue weighted by molar-refractivity contribution is 5.54. The normalized spacial score (nSPS) is 10.9. The van der Waals surface area contributed by atoms with Crippen molar-refractivity contribution in [1.29, 1.82) is 0 Å². The molecular formula is C24H25NO5. The molecule has 0 aliphatic rings. The number of nitro groups is 1. The molecule has 156 valence electrons. The van der Waals surface area contributed by atoms with Crippen LogP contribution in [0.2, 0.25) is 0 Å². The second-order valence-corrected chi connectivity index (χ2v) is 7.88. The number of benzene rings is 3. The lowest BCUT2D eigenvalue weighted by molar-refractivity contribution is -0.385. The van der Waals surface area contributed by atoms with Crippen molar-refractivity contribution < 1.29 is 20.2 Å². The van der Waals surface area contributed by atoms with Gasteiger partial charge in [0.2, 0.25) is 0 Å². The van der Waals surface area contributed by atoms with E-state index in [0.717, 1.165) is 11.1 Å². The lowest BCUT2D eigenvalue weighted by Gasteiger charge is -2.13. The summed E-state index contributed by atoms with van der Waals surface area (Å²) >= 11 is 0. The summed E-state index contributed by atoms with van der Waals surface area (Å²) in [6.45, 7) is 7.17. The van der Waals surface area contributed by atoms with Crippen LogP contribution < -0.4 is 0 Å². The van der Waals surface area contributed by atoms with Gasteiger partial charge in [0.25, 0.3) is 5.69 Å². The average molecular weight is 407 g/mol. The first kappa shape index (κ1) is 21.2. The molecule has 0 spiro atoms. The van der Waals surface area contributed by atoms with Crippen LogP contribution in [0.15, 0.2) is 36.4 Å². The van der Waals surface area contributed by atoms with Crippen molar-refractivity contribution in [3.63, 3.8) is 0 Å². The molecule has 0 aromatic heterocycles. The SMILES string of the molecule is Cc1cc(Cc2cc([N+](=O)[O-])cc(Cc3cc(C)c(O)c(C)c3)c2O)cc(C)c1O. The Morgan fingerprint density at radius 1 is 0.667 bits per heavy atom. The largest absolute Gasteiger partial charge is 0.507 e. The van der Waals surface area contributed by atoms with Crippen molar-refractivity contribution in [3.8, 4) is 17.2 Å². The molecule has 0 saturated carbocycles. The van der Waals surface area contributed by atoms with Crippen LogP contribution in [-0.2, 0) is 12.8 Å². The zero-order valence-corrected chi connectivity index (χ0v) is 17.5. The molecule has 6 heteroatoms. The minimum Gasteiger partial charge on any atom is -0.507 e. The van der Waals surface area contributed by atoms with Crippen LogP contribution in [0.5, 0.6) is 17.2 Å². The van der Waals surface area contributed by atoms with E-state index < -0.39 is 4.92 Å². The van der Waals surface area contributed by atoms with Crippen LogP contribution in [0.25, 0.3) is 0 Å². The summed E-state index contributed by atoms with van der Waals surface area (Å²) in [5, 5.41) is 42.3. The Kier molecular flexibility index (Phi) is 5.69. The number of rotatable bonds is 5. The maximum Gasteiger partial charge on any atom is 0.270 e. The molecule has 0 bridgehead atoms. The van der Waals surface area contributed by atoms with Gasteiger partial charge in [0.05, 0.1) is 4.92 Å². The lowest BCUT2D eigenvalue weighted by Crippen LogP contribution is -2.00. The Bertz CT molecular complexity index is 1020. The first-order valence-corrected chi connectivity index (χ1v) is 9.64. The third kappa shape index (κ3) is 4.22. The molecule has 0 unspecified atom stereocenters. The Morgan fingerprint density at radius 2 is 1.00 bits per heavy atom. The summed E-state index contributed by atoms with van der Waals surface area (Å²) in [7, 11) is 0. The maximum atomic E-state index is 11.5. The van der Waals surface area contributed by atoms with E-state index in [1.165, 1.54) is 12.1 Å². The van der Waals surface area contributed by atoms with Crippen LogP contribution in [0, 0.1) is 37.8 Å².